The van der Waals surface area contributed by atoms with Gasteiger partial charge >= 0.3 is 0 Å². The van der Waals surface area contributed by atoms with Gasteiger partial charge in [0.05, 0.1) is 0 Å². The van der Waals surface area contributed by atoms with Gasteiger partial charge in [0.1, 0.15) is 0 Å². The number of alkyl halides is 1. The molecule has 0 aromatic heterocycles. The van der Waals surface area contributed by atoms with Crippen LogP contribution in [0.4, 0.5) is 0 Å². The van der Waals surface area contributed by atoms with Gasteiger partial charge in [-0.1, -0.05) is 29.8 Å². The first kappa shape index (κ1) is 12.9. The van der Waals surface area contributed by atoms with Crippen molar-refractivity contribution < 1.29 is 0 Å². The van der Waals surface area contributed by atoms with Gasteiger partial charge in [-0.2, -0.15) is 0 Å². The summed E-state index contributed by atoms with van der Waals surface area (Å²) in [5.41, 5.74) is 2.72. The molecule has 2 heteroatoms. The lowest BCUT2D eigenvalue weighted by Gasteiger charge is -2.25. The van der Waals surface area contributed by atoms with E-state index in [4.69, 9.17) is 11.6 Å². The van der Waals surface area contributed by atoms with Crippen molar-refractivity contribution in [1.82, 2.24) is 5.32 Å². The molecule has 1 N–H and O–H groups in total. The molecule has 1 fully saturated rings. The number of benzene rings is 1. The van der Waals surface area contributed by atoms with Crippen molar-refractivity contribution in [2.45, 2.75) is 44.5 Å². The Balaban J connectivity index is 1.69. The molecule has 0 spiro atoms. The van der Waals surface area contributed by atoms with Crippen LogP contribution in [0.15, 0.2) is 24.3 Å². The first-order chi connectivity index (χ1) is 8.24. The Morgan fingerprint density at radius 2 is 2.00 bits per heavy atom. The maximum atomic E-state index is 6.11. The Hall–Kier alpha value is -0.530. The summed E-state index contributed by atoms with van der Waals surface area (Å²) >= 11 is 6.11. The first-order valence-corrected chi connectivity index (χ1v) is 7.08. The fourth-order valence-corrected chi connectivity index (χ4v) is 2.82. The van der Waals surface area contributed by atoms with E-state index < -0.39 is 0 Å². The molecule has 0 atom stereocenters. The Kier molecular flexibility index (Phi) is 4.87. The standard InChI is InChI=1S/C15H22ClN/c1-12-3-2-4-14(9-12)11-17-10-13-5-7-15(16)8-6-13/h2-4,9,13,15,17H,5-8,10-11H2,1H3. The first-order valence-electron chi connectivity index (χ1n) is 6.64. The van der Waals surface area contributed by atoms with Crippen LogP contribution in [0.1, 0.15) is 36.8 Å². The normalized spacial score (nSPS) is 24.8. The number of hydrogen-bond acceptors (Lipinski definition) is 1. The van der Waals surface area contributed by atoms with E-state index in [1.807, 2.05) is 0 Å². The van der Waals surface area contributed by atoms with Crippen LogP contribution in [-0.4, -0.2) is 11.9 Å². The van der Waals surface area contributed by atoms with Gasteiger partial charge in [-0.3, -0.25) is 0 Å². The van der Waals surface area contributed by atoms with Gasteiger partial charge in [-0.25, -0.2) is 0 Å². The largest absolute Gasteiger partial charge is 0.312 e. The quantitative estimate of drug-likeness (QED) is 0.801. The highest BCUT2D eigenvalue weighted by atomic mass is 35.5. The van der Waals surface area contributed by atoms with E-state index in [0.717, 1.165) is 19.0 Å². The van der Waals surface area contributed by atoms with Crippen molar-refractivity contribution in [3.8, 4) is 0 Å². The number of aryl methyl sites for hydroxylation is 1. The molecule has 1 nitrogen and oxygen atoms in total. The summed E-state index contributed by atoms with van der Waals surface area (Å²) in [6.07, 6.45) is 4.96. The highest BCUT2D eigenvalue weighted by Crippen LogP contribution is 2.26. The number of nitrogens with one attached hydrogen (secondary N) is 1. The Morgan fingerprint density at radius 3 is 2.71 bits per heavy atom. The van der Waals surface area contributed by atoms with Gasteiger partial charge in [-0.15, -0.1) is 11.6 Å². The number of hydrogen-bond donors (Lipinski definition) is 1. The zero-order valence-electron chi connectivity index (χ0n) is 10.6. The summed E-state index contributed by atoms with van der Waals surface area (Å²) < 4.78 is 0. The van der Waals surface area contributed by atoms with Gasteiger partial charge in [0.2, 0.25) is 0 Å². The summed E-state index contributed by atoms with van der Waals surface area (Å²) in [6, 6.07) is 8.72. The maximum absolute atomic E-state index is 6.11. The molecule has 1 aliphatic carbocycles. The molecule has 0 saturated heterocycles. The average molecular weight is 252 g/mol. The van der Waals surface area contributed by atoms with Crippen LogP contribution in [0, 0.1) is 12.8 Å². The van der Waals surface area contributed by atoms with Crippen LogP contribution in [0.5, 0.6) is 0 Å². The van der Waals surface area contributed by atoms with Gasteiger partial charge in [-0.05, 0) is 50.6 Å². The number of rotatable bonds is 4. The lowest BCUT2D eigenvalue weighted by Crippen LogP contribution is -2.26. The molecule has 0 radical (unpaired) electrons. The molecule has 94 valence electrons. The fraction of sp³-hybridized carbons (Fsp3) is 0.600. The molecular formula is C15H22ClN. The van der Waals surface area contributed by atoms with Gasteiger partial charge in [0.15, 0.2) is 0 Å². The molecule has 0 aliphatic heterocycles. The van der Waals surface area contributed by atoms with E-state index in [1.165, 1.54) is 36.8 Å². The van der Waals surface area contributed by atoms with Gasteiger partial charge in [0, 0.05) is 11.9 Å². The Bertz CT molecular complexity index is 343. The summed E-state index contributed by atoms with van der Waals surface area (Å²) in [5, 5.41) is 4.00. The number of halogens is 1. The predicted molar refractivity (Wildman–Crippen MR) is 74.5 cm³/mol. The second kappa shape index (κ2) is 6.42. The van der Waals surface area contributed by atoms with E-state index in [-0.39, 0.29) is 0 Å². The van der Waals surface area contributed by atoms with Crippen molar-refractivity contribution in [2.24, 2.45) is 5.92 Å². The molecule has 1 aliphatic rings. The molecule has 0 bridgehead atoms. The van der Waals surface area contributed by atoms with Crippen molar-refractivity contribution in [3.63, 3.8) is 0 Å². The zero-order valence-corrected chi connectivity index (χ0v) is 11.3. The molecule has 1 aromatic carbocycles. The highest BCUT2D eigenvalue weighted by molar-refractivity contribution is 6.20. The molecular weight excluding hydrogens is 230 g/mol. The lowest BCUT2D eigenvalue weighted by atomic mass is 9.89. The summed E-state index contributed by atoms with van der Waals surface area (Å²) in [5.74, 6) is 0.829. The van der Waals surface area contributed by atoms with Gasteiger partial charge < -0.3 is 5.32 Å². The van der Waals surface area contributed by atoms with Crippen LogP contribution in [-0.2, 0) is 6.54 Å². The monoisotopic (exact) mass is 251 g/mol. The minimum atomic E-state index is 0.433. The Labute approximate surface area is 110 Å². The second-order valence-electron chi connectivity index (χ2n) is 5.24. The molecule has 0 unspecified atom stereocenters. The van der Waals surface area contributed by atoms with Crippen molar-refractivity contribution in [2.75, 3.05) is 6.54 Å². The summed E-state index contributed by atoms with van der Waals surface area (Å²) in [7, 11) is 0. The van der Waals surface area contributed by atoms with E-state index in [0.29, 0.717) is 5.38 Å². The maximum Gasteiger partial charge on any atom is 0.0336 e. The summed E-state index contributed by atoms with van der Waals surface area (Å²) in [6.45, 7) is 4.27. The molecule has 1 aromatic rings. The topological polar surface area (TPSA) is 12.0 Å². The Morgan fingerprint density at radius 1 is 1.24 bits per heavy atom. The molecule has 17 heavy (non-hydrogen) atoms. The van der Waals surface area contributed by atoms with E-state index in [1.54, 1.807) is 0 Å². The van der Waals surface area contributed by atoms with Crippen LogP contribution >= 0.6 is 11.6 Å². The minimum absolute atomic E-state index is 0.433. The van der Waals surface area contributed by atoms with Crippen molar-refractivity contribution in [1.29, 1.82) is 0 Å². The van der Waals surface area contributed by atoms with E-state index in [9.17, 15) is 0 Å². The average Bonchev–Trinajstić information content (AvgIpc) is 2.32. The van der Waals surface area contributed by atoms with Crippen molar-refractivity contribution >= 4 is 11.6 Å². The predicted octanol–water partition coefficient (Wildman–Crippen LogP) is 3.88. The third kappa shape index (κ3) is 4.33. The highest BCUT2D eigenvalue weighted by Gasteiger charge is 2.18. The van der Waals surface area contributed by atoms with Crippen LogP contribution in [0.2, 0.25) is 0 Å². The molecule has 0 heterocycles. The third-order valence-corrected chi connectivity index (χ3v) is 4.06. The van der Waals surface area contributed by atoms with Crippen LogP contribution in [0.3, 0.4) is 0 Å². The van der Waals surface area contributed by atoms with Crippen LogP contribution < -0.4 is 5.32 Å². The third-order valence-electron chi connectivity index (χ3n) is 3.62. The SMILES string of the molecule is Cc1cccc(CNCC2CCC(Cl)CC2)c1. The molecule has 1 saturated carbocycles. The lowest BCUT2D eigenvalue weighted by molar-refractivity contribution is 0.345. The van der Waals surface area contributed by atoms with Crippen LogP contribution in [0.25, 0.3) is 0 Å². The van der Waals surface area contributed by atoms with Crippen molar-refractivity contribution in [3.05, 3.63) is 35.4 Å². The second-order valence-corrected chi connectivity index (χ2v) is 5.86. The minimum Gasteiger partial charge on any atom is -0.312 e. The van der Waals surface area contributed by atoms with E-state index >= 15 is 0 Å². The zero-order chi connectivity index (χ0) is 12.1. The smallest absolute Gasteiger partial charge is 0.0336 e. The molecule has 0 amide bonds. The van der Waals surface area contributed by atoms with E-state index in [2.05, 4.69) is 36.5 Å². The fourth-order valence-electron chi connectivity index (χ4n) is 2.57. The summed E-state index contributed by atoms with van der Waals surface area (Å²) in [4.78, 5) is 0. The molecule has 2 rings (SSSR count). The van der Waals surface area contributed by atoms with Gasteiger partial charge in [0.25, 0.3) is 0 Å².